The maximum Gasteiger partial charge on any atom is 0.416 e. The van der Waals surface area contributed by atoms with Gasteiger partial charge in [-0.2, -0.15) is 30.2 Å². The average Bonchev–Trinajstić information content (AvgIpc) is 3.48. The number of alkyl halides is 5. The van der Waals surface area contributed by atoms with Gasteiger partial charge in [0.05, 0.1) is 18.0 Å². The van der Waals surface area contributed by atoms with Gasteiger partial charge in [-0.3, -0.25) is 9.59 Å². The highest BCUT2D eigenvalue weighted by Gasteiger charge is 2.47. The number of carbonyl (C=O) groups is 2. The van der Waals surface area contributed by atoms with E-state index < -0.39 is 58.7 Å². The summed E-state index contributed by atoms with van der Waals surface area (Å²) in [6, 6.07) is 3.63. The van der Waals surface area contributed by atoms with E-state index in [2.05, 4.69) is 5.32 Å². The molecule has 0 saturated carbocycles. The molecule has 3 aliphatic heterocycles. The van der Waals surface area contributed by atoms with E-state index in [1.165, 1.54) is 17.0 Å². The second-order valence-electron chi connectivity index (χ2n) is 9.75. The first kappa shape index (κ1) is 27.7. The second kappa shape index (κ2) is 10.4. The Kier molecular flexibility index (Phi) is 7.82. The number of amides is 2. The predicted molar refractivity (Wildman–Crippen MR) is 122 cm³/mol. The van der Waals surface area contributed by atoms with Crippen LogP contribution in [0.4, 0.5) is 22.0 Å². The van der Waals surface area contributed by atoms with Crippen molar-refractivity contribution in [3.05, 3.63) is 35.4 Å². The van der Waals surface area contributed by atoms with Crippen LogP contribution in [0, 0.1) is 5.92 Å². The lowest BCUT2D eigenvalue weighted by Crippen LogP contribution is -2.53. The molecule has 0 bridgehead atoms. The Balaban J connectivity index is 1.35. The van der Waals surface area contributed by atoms with E-state index in [9.17, 15) is 40.0 Å². The van der Waals surface area contributed by atoms with Crippen molar-refractivity contribution in [3.8, 4) is 0 Å². The molecule has 2 atom stereocenters. The zero-order valence-corrected chi connectivity index (χ0v) is 20.8. The van der Waals surface area contributed by atoms with Crippen LogP contribution in [0.1, 0.15) is 43.2 Å². The van der Waals surface area contributed by atoms with Crippen molar-refractivity contribution >= 4 is 22.0 Å². The van der Waals surface area contributed by atoms with Crippen LogP contribution < -0.4 is 5.32 Å². The maximum absolute atomic E-state index is 13.6. The number of rotatable bonds is 6. The number of halogens is 5. The van der Waals surface area contributed by atoms with Crippen molar-refractivity contribution in [3.63, 3.8) is 0 Å². The van der Waals surface area contributed by atoms with Gasteiger partial charge < -0.3 is 10.2 Å². The van der Waals surface area contributed by atoms with Crippen molar-refractivity contribution in [1.82, 2.24) is 18.8 Å². The summed E-state index contributed by atoms with van der Waals surface area (Å²) in [4.78, 5) is 27.6. The zero-order valence-electron chi connectivity index (χ0n) is 20.0. The van der Waals surface area contributed by atoms with Crippen molar-refractivity contribution in [2.24, 2.45) is 5.92 Å². The van der Waals surface area contributed by atoms with E-state index in [0.717, 1.165) is 20.7 Å². The Morgan fingerprint density at radius 3 is 2.30 bits per heavy atom. The van der Waals surface area contributed by atoms with Crippen molar-refractivity contribution in [2.75, 3.05) is 32.7 Å². The van der Waals surface area contributed by atoms with Crippen LogP contribution in [0.5, 0.6) is 0 Å². The monoisotopic (exact) mass is 552 g/mol. The van der Waals surface area contributed by atoms with E-state index >= 15 is 0 Å². The number of hydrogen-bond donors (Lipinski definition) is 1. The molecule has 0 spiro atoms. The van der Waals surface area contributed by atoms with E-state index in [4.69, 9.17) is 0 Å². The molecule has 0 aliphatic carbocycles. The third kappa shape index (κ3) is 6.23. The van der Waals surface area contributed by atoms with E-state index in [0.29, 0.717) is 37.8 Å². The molecule has 4 rings (SSSR count). The maximum atomic E-state index is 13.6. The highest BCUT2D eigenvalue weighted by Crippen LogP contribution is 2.32. The molecule has 37 heavy (non-hydrogen) atoms. The van der Waals surface area contributed by atoms with Crippen LogP contribution in [0.15, 0.2) is 24.3 Å². The molecule has 3 fully saturated rings. The molecular weight excluding hydrogens is 523 g/mol. The molecule has 3 aliphatic rings. The average molecular weight is 553 g/mol. The first-order chi connectivity index (χ1) is 17.3. The number of nitrogens with zero attached hydrogens (tertiary/aromatic N) is 3. The Labute approximate surface area is 211 Å². The van der Waals surface area contributed by atoms with Gasteiger partial charge in [0.25, 0.3) is 16.1 Å². The Morgan fingerprint density at radius 2 is 1.68 bits per heavy atom. The Hall–Kier alpha value is -2.32. The third-order valence-corrected chi connectivity index (χ3v) is 9.06. The van der Waals surface area contributed by atoms with Gasteiger partial charge in [-0.1, -0.05) is 12.1 Å². The summed E-state index contributed by atoms with van der Waals surface area (Å²) >= 11 is 0. The lowest BCUT2D eigenvalue weighted by Gasteiger charge is -2.36. The number of carbonyl (C=O) groups excluding carboxylic acids is 2. The molecule has 1 aromatic rings. The summed E-state index contributed by atoms with van der Waals surface area (Å²) in [5.41, 5.74) is -0.324. The van der Waals surface area contributed by atoms with Crippen LogP contribution in [-0.2, 0) is 32.5 Å². The fraction of sp³-hybridized carbons (Fsp3) is 0.652. The summed E-state index contributed by atoms with van der Waals surface area (Å²) in [5.74, 6) is -4.58. The van der Waals surface area contributed by atoms with Crippen LogP contribution >= 0.6 is 0 Å². The quantitative estimate of drug-likeness (QED) is 0.550. The number of nitrogens with one attached hydrogen (secondary N) is 1. The highest BCUT2D eigenvalue weighted by atomic mass is 32.2. The summed E-state index contributed by atoms with van der Waals surface area (Å²) in [7, 11) is -4.14. The largest absolute Gasteiger partial charge is 0.416 e. The lowest BCUT2D eigenvalue weighted by atomic mass is 9.97. The molecule has 206 valence electrons. The summed E-state index contributed by atoms with van der Waals surface area (Å²) in [6.45, 7) is -0.857. The summed E-state index contributed by atoms with van der Waals surface area (Å²) in [6.07, 6.45) is -3.22. The summed E-state index contributed by atoms with van der Waals surface area (Å²) < 4.78 is 93.0. The van der Waals surface area contributed by atoms with Crippen LogP contribution in [0.2, 0.25) is 0 Å². The van der Waals surface area contributed by atoms with Gasteiger partial charge >= 0.3 is 6.18 Å². The van der Waals surface area contributed by atoms with E-state index in [1.54, 1.807) is 0 Å². The molecule has 8 nitrogen and oxygen atoms in total. The lowest BCUT2D eigenvalue weighted by molar-refractivity contribution is -0.142. The van der Waals surface area contributed by atoms with Crippen molar-refractivity contribution in [1.29, 1.82) is 0 Å². The minimum atomic E-state index is -4.46. The first-order valence-electron chi connectivity index (χ1n) is 12.2. The summed E-state index contributed by atoms with van der Waals surface area (Å²) in [5, 5.41) is 2.67. The van der Waals surface area contributed by atoms with Gasteiger partial charge in [0.15, 0.2) is 0 Å². The Bertz CT molecular complexity index is 1110. The minimum Gasteiger partial charge on any atom is -0.350 e. The molecular formula is C23H29F5N4O4S. The smallest absolute Gasteiger partial charge is 0.350 e. The highest BCUT2D eigenvalue weighted by molar-refractivity contribution is 7.86. The third-order valence-electron chi connectivity index (χ3n) is 7.11. The minimum absolute atomic E-state index is 0.00851. The molecule has 1 aromatic carbocycles. The molecule has 0 aromatic heterocycles. The fourth-order valence-electron chi connectivity index (χ4n) is 5.07. The van der Waals surface area contributed by atoms with Crippen molar-refractivity contribution in [2.45, 2.75) is 56.8 Å². The van der Waals surface area contributed by atoms with Crippen LogP contribution in [0.3, 0.4) is 0 Å². The van der Waals surface area contributed by atoms with Gasteiger partial charge in [0, 0.05) is 39.1 Å². The second-order valence-corrected chi connectivity index (χ2v) is 11.7. The van der Waals surface area contributed by atoms with Gasteiger partial charge in [-0.25, -0.2) is 8.78 Å². The van der Waals surface area contributed by atoms with Gasteiger partial charge in [-0.15, -0.1) is 0 Å². The first-order valence-corrected chi connectivity index (χ1v) is 13.5. The molecule has 2 amide bonds. The van der Waals surface area contributed by atoms with Crippen LogP contribution in [0.25, 0.3) is 0 Å². The predicted octanol–water partition coefficient (Wildman–Crippen LogP) is 2.61. The number of hydrogen-bond acceptors (Lipinski definition) is 4. The van der Waals surface area contributed by atoms with Crippen LogP contribution in [-0.4, -0.2) is 78.4 Å². The number of benzene rings is 1. The zero-order chi connectivity index (χ0) is 27.0. The van der Waals surface area contributed by atoms with E-state index in [1.807, 2.05) is 0 Å². The topological polar surface area (TPSA) is 90.0 Å². The van der Waals surface area contributed by atoms with Gasteiger partial charge in [0.1, 0.15) is 6.04 Å². The van der Waals surface area contributed by atoms with Crippen molar-refractivity contribution < 1.29 is 40.0 Å². The molecule has 14 heteroatoms. The molecule has 3 saturated heterocycles. The number of piperidine rings is 1. The standard InChI is InChI=1S/C23H29F5N4O4S/c24-22(25)9-12-31(15-22)37(35,36)30-10-1-3-17(14-30)21(34)32-11-2-4-19(32)20(33)29-13-16-5-7-18(8-6-16)23(26,27)28/h5-8,17,19H,1-4,9-15H2,(H,29,33)/t17-,19+/m0/s1. The molecule has 1 N–H and O–H groups in total. The van der Waals surface area contributed by atoms with Gasteiger partial charge in [0.2, 0.25) is 11.8 Å². The SMILES string of the molecule is O=C(NCc1ccc(C(F)(F)F)cc1)[C@H]1CCCN1C(=O)[C@H]1CCCN(S(=O)(=O)N2CCC(F)(F)C2)C1. The Morgan fingerprint density at radius 1 is 1.00 bits per heavy atom. The molecule has 0 radical (unpaired) electrons. The molecule has 0 unspecified atom stereocenters. The van der Waals surface area contributed by atoms with Gasteiger partial charge in [-0.05, 0) is 43.4 Å². The normalized spacial score (nSPS) is 25.4. The molecule has 3 heterocycles. The fourth-order valence-corrected chi connectivity index (χ4v) is 6.80. The number of likely N-dealkylation sites (tertiary alicyclic amines) is 1. The van der Waals surface area contributed by atoms with E-state index in [-0.39, 0.29) is 32.1 Å².